The summed E-state index contributed by atoms with van der Waals surface area (Å²) in [6.45, 7) is 4.43. The molecule has 1 aromatic carbocycles. The van der Waals surface area contributed by atoms with Gasteiger partial charge in [0.15, 0.2) is 0 Å². The molecule has 2 rings (SSSR count). The van der Waals surface area contributed by atoms with Gasteiger partial charge >= 0.3 is 0 Å². The van der Waals surface area contributed by atoms with Gasteiger partial charge in [0.05, 0.1) is 11.0 Å². The zero-order valence-electron chi connectivity index (χ0n) is 11.3. The molecular formula is C14H18N2O3. The lowest BCUT2D eigenvalue weighted by molar-refractivity contribution is -0.385. The maximum Gasteiger partial charge on any atom is 0.272 e. The quantitative estimate of drug-likeness (QED) is 0.477. The number of carbonyl (C=O) groups excluding carboxylic acids is 1. The van der Waals surface area contributed by atoms with Crippen molar-refractivity contribution in [2.24, 2.45) is 0 Å². The summed E-state index contributed by atoms with van der Waals surface area (Å²) in [5.74, 6) is 0. The molecule has 0 spiro atoms. The van der Waals surface area contributed by atoms with Crippen molar-refractivity contribution in [3.05, 3.63) is 33.4 Å². The molecule has 5 nitrogen and oxygen atoms in total. The molecule has 1 atom stereocenters. The smallest absolute Gasteiger partial charge is 0.272 e. The van der Waals surface area contributed by atoms with Gasteiger partial charge in [-0.1, -0.05) is 0 Å². The molecular weight excluding hydrogens is 244 g/mol. The summed E-state index contributed by atoms with van der Waals surface area (Å²) in [6.07, 6.45) is 3.96. The number of hydrogen-bond donors (Lipinski definition) is 0. The molecule has 0 saturated carbocycles. The minimum Gasteiger partial charge on any atom is -0.362 e. The third kappa shape index (κ3) is 2.59. The van der Waals surface area contributed by atoms with Gasteiger partial charge in [-0.25, -0.2) is 0 Å². The number of nitro benzene ring substituents is 1. The van der Waals surface area contributed by atoms with Gasteiger partial charge < -0.3 is 9.69 Å². The minimum atomic E-state index is -0.362. The molecule has 0 amide bonds. The number of anilines is 1. The molecule has 1 aliphatic heterocycles. The first kappa shape index (κ1) is 13.5. The van der Waals surface area contributed by atoms with Crippen LogP contribution in [0.25, 0.3) is 0 Å². The first-order valence-corrected chi connectivity index (χ1v) is 6.52. The number of benzene rings is 1. The lowest BCUT2D eigenvalue weighted by Gasteiger charge is -2.35. The van der Waals surface area contributed by atoms with Crippen LogP contribution in [0.5, 0.6) is 0 Å². The van der Waals surface area contributed by atoms with Crippen molar-refractivity contribution in [3.63, 3.8) is 0 Å². The van der Waals surface area contributed by atoms with E-state index < -0.39 is 0 Å². The summed E-state index contributed by atoms with van der Waals surface area (Å²) in [5, 5.41) is 10.9. The van der Waals surface area contributed by atoms with E-state index in [1.807, 2.05) is 13.0 Å². The Bertz CT molecular complexity index is 514. The Balaban J connectivity index is 2.41. The molecule has 102 valence electrons. The number of nitrogens with zero attached hydrogens (tertiary/aromatic N) is 2. The van der Waals surface area contributed by atoms with Crippen LogP contribution in [0.4, 0.5) is 11.4 Å². The zero-order valence-corrected chi connectivity index (χ0v) is 11.3. The van der Waals surface area contributed by atoms with Gasteiger partial charge in [-0.05, 0) is 44.7 Å². The largest absolute Gasteiger partial charge is 0.362 e. The van der Waals surface area contributed by atoms with E-state index in [0.29, 0.717) is 5.56 Å². The number of nitro groups is 1. The first-order valence-electron chi connectivity index (χ1n) is 6.52. The van der Waals surface area contributed by atoms with E-state index in [1.165, 1.54) is 0 Å². The summed E-state index contributed by atoms with van der Waals surface area (Å²) in [6, 6.07) is 3.32. The maximum atomic E-state index is 11.2. The molecule has 0 aromatic heterocycles. The van der Waals surface area contributed by atoms with Crippen LogP contribution in [0.1, 0.15) is 30.4 Å². The van der Waals surface area contributed by atoms with Crippen LogP contribution in [0, 0.1) is 24.0 Å². The van der Waals surface area contributed by atoms with E-state index in [9.17, 15) is 14.9 Å². The molecule has 1 unspecified atom stereocenters. The van der Waals surface area contributed by atoms with E-state index in [1.54, 1.807) is 13.0 Å². The number of carbonyl (C=O) groups is 1. The first-order chi connectivity index (χ1) is 9.04. The highest BCUT2D eigenvalue weighted by Crippen LogP contribution is 2.32. The second kappa shape index (κ2) is 5.38. The number of hydrogen-bond acceptors (Lipinski definition) is 4. The molecule has 19 heavy (non-hydrogen) atoms. The summed E-state index contributed by atoms with van der Waals surface area (Å²) >= 11 is 0. The van der Waals surface area contributed by atoms with E-state index in [-0.39, 0.29) is 16.7 Å². The number of aldehydes is 1. The molecule has 0 N–H and O–H groups in total. The highest BCUT2D eigenvalue weighted by molar-refractivity contribution is 5.70. The van der Waals surface area contributed by atoms with Crippen molar-refractivity contribution in [3.8, 4) is 0 Å². The summed E-state index contributed by atoms with van der Waals surface area (Å²) in [4.78, 5) is 23.8. The van der Waals surface area contributed by atoms with Crippen LogP contribution in [0.15, 0.2) is 12.1 Å². The molecule has 1 aliphatic rings. The normalized spacial score (nSPS) is 19.3. The SMILES string of the molecule is Cc1cc([N+](=O)[O-])c(C)cc1N1CCCCC1C=O. The predicted octanol–water partition coefficient (Wildman–Crippen LogP) is 2.77. The van der Waals surface area contributed by atoms with Crippen molar-refractivity contribution >= 4 is 17.7 Å². The Morgan fingerprint density at radius 1 is 1.32 bits per heavy atom. The predicted molar refractivity (Wildman–Crippen MR) is 73.6 cm³/mol. The van der Waals surface area contributed by atoms with Crippen molar-refractivity contribution in [1.82, 2.24) is 0 Å². The topological polar surface area (TPSA) is 63.5 Å². The van der Waals surface area contributed by atoms with Crippen molar-refractivity contribution in [2.45, 2.75) is 39.2 Å². The van der Waals surface area contributed by atoms with E-state index in [0.717, 1.165) is 43.3 Å². The second-order valence-electron chi connectivity index (χ2n) is 5.07. The minimum absolute atomic E-state index is 0.103. The van der Waals surface area contributed by atoms with Crippen molar-refractivity contribution in [2.75, 3.05) is 11.4 Å². The van der Waals surface area contributed by atoms with Crippen molar-refractivity contribution < 1.29 is 9.72 Å². The Kier molecular flexibility index (Phi) is 3.83. The molecule has 0 bridgehead atoms. The van der Waals surface area contributed by atoms with Gasteiger partial charge in [-0.2, -0.15) is 0 Å². The van der Waals surface area contributed by atoms with Gasteiger partial charge in [0, 0.05) is 23.9 Å². The monoisotopic (exact) mass is 262 g/mol. The fraction of sp³-hybridized carbons (Fsp3) is 0.500. The molecule has 0 radical (unpaired) electrons. The number of piperidine rings is 1. The standard InChI is InChI=1S/C14H18N2O3/c1-10-8-14(16(18)19)11(2)7-13(10)15-6-4-3-5-12(15)9-17/h7-9,12H,3-6H2,1-2H3. The lowest BCUT2D eigenvalue weighted by Crippen LogP contribution is -2.41. The third-order valence-corrected chi connectivity index (χ3v) is 3.73. The maximum absolute atomic E-state index is 11.2. The van der Waals surface area contributed by atoms with Gasteiger partial charge in [-0.3, -0.25) is 10.1 Å². The Morgan fingerprint density at radius 3 is 2.68 bits per heavy atom. The molecule has 0 aliphatic carbocycles. The van der Waals surface area contributed by atoms with Crippen molar-refractivity contribution in [1.29, 1.82) is 0 Å². The van der Waals surface area contributed by atoms with Crippen LogP contribution >= 0.6 is 0 Å². The Hall–Kier alpha value is -1.91. The summed E-state index contributed by atoms with van der Waals surface area (Å²) in [5.41, 5.74) is 2.58. The van der Waals surface area contributed by atoms with Crippen LogP contribution in [0.2, 0.25) is 0 Å². The molecule has 1 heterocycles. The highest BCUT2D eigenvalue weighted by Gasteiger charge is 2.25. The van der Waals surface area contributed by atoms with Crippen LogP contribution in [-0.4, -0.2) is 23.8 Å². The van der Waals surface area contributed by atoms with E-state index in [4.69, 9.17) is 0 Å². The van der Waals surface area contributed by atoms with Gasteiger partial charge in [0.1, 0.15) is 6.29 Å². The number of rotatable bonds is 3. The highest BCUT2D eigenvalue weighted by atomic mass is 16.6. The number of aryl methyl sites for hydroxylation is 2. The third-order valence-electron chi connectivity index (χ3n) is 3.73. The molecule has 1 fully saturated rings. The van der Waals surface area contributed by atoms with E-state index >= 15 is 0 Å². The summed E-state index contributed by atoms with van der Waals surface area (Å²) < 4.78 is 0. The average molecular weight is 262 g/mol. The fourth-order valence-corrected chi connectivity index (χ4v) is 2.69. The van der Waals surface area contributed by atoms with Crippen LogP contribution in [-0.2, 0) is 4.79 Å². The zero-order chi connectivity index (χ0) is 14.0. The Morgan fingerprint density at radius 2 is 2.05 bits per heavy atom. The summed E-state index contributed by atoms with van der Waals surface area (Å²) in [7, 11) is 0. The van der Waals surface area contributed by atoms with Gasteiger partial charge in [-0.15, -0.1) is 0 Å². The van der Waals surface area contributed by atoms with Crippen LogP contribution < -0.4 is 4.90 Å². The molecule has 5 heteroatoms. The van der Waals surface area contributed by atoms with E-state index in [2.05, 4.69) is 4.90 Å². The molecule has 1 aromatic rings. The second-order valence-corrected chi connectivity index (χ2v) is 5.07. The van der Waals surface area contributed by atoms with Crippen LogP contribution in [0.3, 0.4) is 0 Å². The molecule has 1 saturated heterocycles. The average Bonchev–Trinajstić information content (AvgIpc) is 2.40. The lowest BCUT2D eigenvalue weighted by atomic mass is 9.99. The van der Waals surface area contributed by atoms with Gasteiger partial charge in [0.2, 0.25) is 0 Å². The van der Waals surface area contributed by atoms with Gasteiger partial charge in [0.25, 0.3) is 5.69 Å². The fourth-order valence-electron chi connectivity index (χ4n) is 2.69. The Labute approximate surface area is 112 Å².